The third-order valence-corrected chi connectivity index (χ3v) is 5.19. The van der Waals surface area contributed by atoms with E-state index in [1.807, 2.05) is 0 Å². The Morgan fingerprint density at radius 3 is 2.17 bits per heavy atom. The fourth-order valence-corrected chi connectivity index (χ4v) is 3.64. The Bertz CT molecular complexity index is 701. The molecule has 0 unspecified atom stereocenters. The zero-order valence-electron chi connectivity index (χ0n) is 14.2. The van der Waals surface area contributed by atoms with E-state index in [2.05, 4.69) is 13.8 Å². The van der Waals surface area contributed by atoms with Gasteiger partial charge in [0.2, 0.25) is 0 Å². The summed E-state index contributed by atoms with van der Waals surface area (Å²) in [5.41, 5.74) is 0.218. The normalized spacial score (nSPS) is 21.4. The van der Waals surface area contributed by atoms with Crippen molar-refractivity contribution in [3.8, 4) is 0 Å². The lowest BCUT2D eigenvalue weighted by Gasteiger charge is -2.34. The van der Waals surface area contributed by atoms with Crippen molar-refractivity contribution in [3.05, 3.63) is 29.8 Å². The molecule has 0 bridgehead atoms. The quantitative estimate of drug-likeness (QED) is 0.771. The second-order valence-electron chi connectivity index (χ2n) is 6.62. The average Bonchev–Trinajstić information content (AvgIpc) is 2.50. The Kier molecular flexibility index (Phi) is 5.64. The van der Waals surface area contributed by atoms with Gasteiger partial charge in [-0.15, -0.1) is 0 Å². The first kappa shape index (κ1) is 18.4. The Balaban J connectivity index is 1.92. The third kappa shape index (κ3) is 4.80. The van der Waals surface area contributed by atoms with E-state index < -0.39 is 15.8 Å². The van der Waals surface area contributed by atoms with Gasteiger partial charge in [-0.3, -0.25) is 4.79 Å². The van der Waals surface area contributed by atoms with Crippen molar-refractivity contribution in [2.24, 2.45) is 11.8 Å². The van der Waals surface area contributed by atoms with E-state index in [0.717, 1.165) is 12.7 Å². The summed E-state index contributed by atoms with van der Waals surface area (Å²) in [7, 11) is -3.31. The van der Waals surface area contributed by atoms with Crippen LogP contribution in [0.1, 0.15) is 30.6 Å². The highest BCUT2D eigenvalue weighted by atomic mass is 32.2. The Hall–Kier alpha value is -1.89. The number of benzene rings is 1. The molecule has 0 aromatic heterocycles. The molecule has 0 saturated carbocycles. The van der Waals surface area contributed by atoms with Gasteiger partial charge in [0, 0.05) is 19.3 Å². The van der Waals surface area contributed by atoms with Gasteiger partial charge in [0.15, 0.2) is 16.4 Å². The van der Waals surface area contributed by atoms with Crippen LogP contribution in [0.2, 0.25) is 0 Å². The van der Waals surface area contributed by atoms with Crippen molar-refractivity contribution < 1.29 is 22.7 Å². The van der Waals surface area contributed by atoms with Crippen molar-refractivity contribution in [1.29, 1.82) is 0 Å². The minimum absolute atomic E-state index is 0.131. The fraction of sp³-hybridized carbons (Fsp3) is 0.529. The molecule has 0 radical (unpaired) electrons. The standard InChI is InChI=1S/C17H23NO5S/c1-12-8-13(2)10-18(9-12)16(19)11-23-17(20)14-4-6-15(7-5-14)24(3,21)22/h4-7,12-13H,8-11H2,1-3H3/t12-,13-/m1/s1. The first-order chi connectivity index (χ1) is 11.2. The summed E-state index contributed by atoms with van der Waals surface area (Å²) >= 11 is 0. The van der Waals surface area contributed by atoms with E-state index in [1.54, 1.807) is 4.90 Å². The molecule has 0 spiro atoms. The highest BCUT2D eigenvalue weighted by Gasteiger charge is 2.26. The first-order valence-electron chi connectivity index (χ1n) is 7.92. The van der Waals surface area contributed by atoms with Gasteiger partial charge in [-0.1, -0.05) is 13.8 Å². The van der Waals surface area contributed by atoms with Gasteiger partial charge in [0.1, 0.15) is 0 Å². The lowest BCUT2D eigenvalue weighted by molar-refractivity contribution is -0.137. The van der Waals surface area contributed by atoms with Crippen LogP contribution in [0.15, 0.2) is 29.2 Å². The van der Waals surface area contributed by atoms with Crippen LogP contribution in [0.5, 0.6) is 0 Å². The maximum atomic E-state index is 12.2. The first-order valence-corrected chi connectivity index (χ1v) is 9.81. The summed E-state index contributed by atoms with van der Waals surface area (Å²) in [6.07, 6.45) is 2.19. The van der Waals surface area contributed by atoms with Crippen LogP contribution < -0.4 is 0 Å². The second-order valence-corrected chi connectivity index (χ2v) is 8.63. The summed E-state index contributed by atoms with van der Waals surface area (Å²) in [5, 5.41) is 0. The third-order valence-electron chi connectivity index (χ3n) is 4.07. The number of likely N-dealkylation sites (tertiary alicyclic amines) is 1. The molecule has 1 aliphatic rings. The largest absolute Gasteiger partial charge is 0.452 e. The maximum Gasteiger partial charge on any atom is 0.338 e. The number of hydrogen-bond acceptors (Lipinski definition) is 5. The molecule has 1 fully saturated rings. The number of esters is 1. The molecule has 2 atom stereocenters. The molecular formula is C17H23NO5S. The van der Waals surface area contributed by atoms with Crippen LogP contribution in [0, 0.1) is 11.8 Å². The number of amides is 1. The molecule has 1 amide bonds. The van der Waals surface area contributed by atoms with Gasteiger partial charge < -0.3 is 9.64 Å². The monoisotopic (exact) mass is 353 g/mol. The zero-order chi connectivity index (χ0) is 17.9. The van der Waals surface area contributed by atoms with Crippen molar-refractivity contribution in [2.75, 3.05) is 26.0 Å². The van der Waals surface area contributed by atoms with Gasteiger partial charge >= 0.3 is 5.97 Å². The second kappa shape index (κ2) is 7.34. The minimum Gasteiger partial charge on any atom is -0.452 e. The van der Waals surface area contributed by atoms with Gasteiger partial charge in [0.05, 0.1) is 10.5 Å². The van der Waals surface area contributed by atoms with Crippen LogP contribution in [0.4, 0.5) is 0 Å². The molecule has 1 aromatic rings. The summed E-state index contributed by atoms with van der Waals surface area (Å²) in [6.45, 7) is 5.27. The van der Waals surface area contributed by atoms with Crippen LogP contribution in [-0.2, 0) is 19.4 Å². The van der Waals surface area contributed by atoms with Crippen molar-refractivity contribution in [1.82, 2.24) is 4.90 Å². The molecule has 2 rings (SSSR count). The van der Waals surface area contributed by atoms with Gasteiger partial charge in [-0.2, -0.15) is 0 Å². The summed E-state index contributed by atoms with van der Waals surface area (Å²) in [5.74, 6) is 0.0462. The number of piperidine rings is 1. The van der Waals surface area contributed by atoms with Crippen LogP contribution in [-0.4, -0.2) is 51.1 Å². The van der Waals surface area contributed by atoms with E-state index in [-0.39, 0.29) is 23.0 Å². The minimum atomic E-state index is -3.31. The van der Waals surface area contributed by atoms with E-state index in [1.165, 1.54) is 24.3 Å². The number of carbonyl (C=O) groups excluding carboxylic acids is 2. The highest BCUT2D eigenvalue weighted by molar-refractivity contribution is 7.90. The molecule has 0 N–H and O–H groups in total. The number of carbonyl (C=O) groups is 2. The summed E-state index contributed by atoms with van der Waals surface area (Å²) in [4.78, 5) is 26.0. The highest BCUT2D eigenvalue weighted by Crippen LogP contribution is 2.21. The number of sulfone groups is 1. The zero-order valence-corrected chi connectivity index (χ0v) is 15.0. The predicted octanol–water partition coefficient (Wildman–Crippen LogP) is 1.75. The molecule has 0 aliphatic carbocycles. The smallest absolute Gasteiger partial charge is 0.338 e. The molecule has 1 heterocycles. The van der Waals surface area contributed by atoms with E-state index in [4.69, 9.17) is 4.74 Å². The number of nitrogens with zero attached hydrogens (tertiary/aromatic N) is 1. The number of ether oxygens (including phenoxy) is 1. The average molecular weight is 353 g/mol. The number of hydrogen-bond donors (Lipinski definition) is 0. The molecular weight excluding hydrogens is 330 g/mol. The van der Waals surface area contributed by atoms with Gasteiger partial charge in [0.25, 0.3) is 5.91 Å². The lowest BCUT2D eigenvalue weighted by Crippen LogP contribution is -2.44. The molecule has 1 aliphatic heterocycles. The molecule has 7 heteroatoms. The Morgan fingerprint density at radius 2 is 1.67 bits per heavy atom. The van der Waals surface area contributed by atoms with Crippen molar-refractivity contribution in [3.63, 3.8) is 0 Å². The van der Waals surface area contributed by atoms with Crippen molar-refractivity contribution in [2.45, 2.75) is 25.2 Å². The van der Waals surface area contributed by atoms with Gasteiger partial charge in [-0.25, -0.2) is 13.2 Å². The summed E-state index contributed by atoms with van der Waals surface area (Å²) < 4.78 is 27.8. The van der Waals surface area contributed by atoms with Crippen LogP contribution in [0.25, 0.3) is 0 Å². The van der Waals surface area contributed by atoms with Crippen molar-refractivity contribution >= 4 is 21.7 Å². The lowest BCUT2D eigenvalue weighted by atomic mass is 9.92. The van der Waals surface area contributed by atoms with Crippen LogP contribution in [0.3, 0.4) is 0 Å². The van der Waals surface area contributed by atoms with E-state index >= 15 is 0 Å². The molecule has 6 nitrogen and oxygen atoms in total. The molecule has 132 valence electrons. The molecule has 1 aromatic carbocycles. The maximum absolute atomic E-state index is 12.2. The van der Waals surface area contributed by atoms with E-state index in [9.17, 15) is 18.0 Å². The molecule has 24 heavy (non-hydrogen) atoms. The SMILES string of the molecule is C[C@@H]1C[C@@H](C)CN(C(=O)COC(=O)c2ccc(S(C)(=O)=O)cc2)C1. The summed E-state index contributed by atoms with van der Waals surface area (Å²) in [6, 6.07) is 5.46. The number of rotatable bonds is 4. The van der Waals surface area contributed by atoms with Gasteiger partial charge in [-0.05, 0) is 42.5 Å². The molecule has 1 saturated heterocycles. The fourth-order valence-electron chi connectivity index (χ4n) is 3.01. The Morgan fingerprint density at radius 1 is 1.12 bits per heavy atom. The Labute approximate surface area is 142 Å². The van der Waals surface area contributed by atoms with E-state index in [0.29, 0.717) is 24.9 Å². The predicted molar refractivity (Wildman–Crippen MR) is 89.4 cm³/mol. The van der Waals surface area contributed by atoms with Crippen LogP contribution >= 0.6 is 0 Å². The topological polar surface area (TPSA) is 80.8 Å².